The number of nitrogens with zero attached hydrogens (tertiary/aromatic N) is 1. The standard InChI is InChI=1S/C18H24N2O/c1-4-10-19-14(2)12-15-5-7-16(8-6-15)17-9-11-20-18(13-17)21-3/h5-9,11,13-14,19H,4,10,12H2,1-3H3. The van der Waals surface area contributed by atoms with Crippen molar-refractivity contribution in [1.82, 2.24) is 10.3 Å². The molecule has 0 bridgehead atoms. The molecule has 0 spiro atoms. The molecule has 3 nitrogen and oxygen atoms in total. The van der Waals surface area contributed by atoms with Crippen LogP contribution < -0.4 is 10.1 Å². The minimum Gasteiger partial charge on any atom is -0.481 e. The van der Waals surface area contributed by atoms with Gasteiger partial charge in [0, 0.05) is 18.3 Å². The number of ether oxygens (including phenoxy) is 1. The Hall–Kier alpha value is -1.87. The van der Waals surface area contributed by atoms with Gasteiger partial charge < -0.3 is 10.1 Å². The minimum absolute atomic E-state index is 0.511. The Morgan fingerprint density at radius 2 is 1.90 bits per heavy atom. The van der Waals surface area contributed by atoms with Gasteiger partial charge in [-0.1, -0.05) is 31.2 Å². The van der Waals surface area contributed by atoms with Crippen LogP contribution in [0.4, 0.5) is 0 Å². The van der Waals surface area contributed by atoms with Crippen molar-refractivity contribution in [3.8, 4) is 17.0 Å². The Morgan fingerprint density at radius 3 is 2.57 bits per heavy atom. The largest absolute Gasteiger partial charge is 0.481 e. The van der Waals surface area contributed by atoms with Crippen molar-refractivity contribution in [2.24, 2.45) is 0 Å². The number of aromatic nitrogens is 1. The number of nitrogens with one attached hydrogen (secondary N) is 1. The van der Waals surface area contributed by atoms with Crippen molar-refractivity contribution in [2.75, 3.05) is 13.7 Å². The van der Waals surface area contributed by atoms with Crippen LogP contribution in [-0.2, 0) is 6.42 Å². The number of pyridine rings is 1. The molecule has 1 heterocycles. The Labute approximate surface area is 127 Å². The molecule has 0 radical (unpaired) electrons. The van der Waals surface area contributed by atoms with Crippen molar-refractivity contribution in [2.45, 2.75) is 32.7 Å². The van der Waals surface area contributed by atoms with Gasteiger partial charge in [-0.05, 0) is 49.1 Å². The highest BCUT2D eigenvalue weighted by molar-refractivity contribution is 5.64. The summed E-state index contributed by atoms with van der Waals surface area (Å²) < 4.78 is 5.17. The molecule has 1 unspecified atom stereocenters. The maximum Gasteiger partial charge on any atom is 0.213 e. The lowest BCUT2D eigenvalue weighted by Crippen LogP contribution is -2.28. The van der Waals surface area contributed by atoms with Gasteiger partial charge in [0.1, 0.15) is 0 Å². The topological polar surface area (TPSA) is 34.2 Å². The van der Waals surface area contributed by atoms with Crippen molar-refractivity contribution in [3.05, 3.63) is 48.2 Å². The zero-order valence-electron chi connectivity index (χ0n) is 13.1. The molecule has 0 aliphatic rings. The number of rotatable bonds is 7. The van der Waals surface area contributed by atoms with Crippen LogP contribution in [0.25, 0.3) is 11.1 Å². The van der Waals surface area contributed by atoms with Gasteiger partial charge in [-0.3, -0.25) is 0 Å². The molecule has 21 heavy (non-hydrogen) atoms. The molecule has 2 rings (SSSR count). The first kappa shape index (κ1) is 15.5. The third kappa shape index (κ3) is 4.57. The van der Waals surface area contributed by atoms with Crippen molar-refractivity contribution < 1.29 is 4.74 Å². The Balaban J connectivity index is 2.04. The summed E-state index contributed by atoms with van der Waals surface area (Å²) >= 11 is 0. The van der Waals surface area contributed by atoms with E-state index < -0.39 is 0 Å². The maximum atomic E-state index is 5.17. The number of methoxy groups -OCH3 is 1. The van der Waals surface area contributed by atoms with Crippen LogP contribution in [0, 0.1) is 0 Å². The summed E-state index contributed by atoms with van der Waals surface area (Å²) in [5, 5.41) is 3.52. The summed E-state index contributed by atoms with van der Waals surface area (Å²) in [6.07, 6.45) is 4.01. The lowest BCUT2D eigenvalue weighted by Gasteiger charge is -2.13. The number of hydrogen-bond donors (Lipinski definition) is 1. The lowest BCUT2D eigenvalue weighted by molar-refractivity contribution is 0.398. The molecule has 0 aliphatic carbocycles. The molecule has 1 N–H and O–H groups in total. The zero-order chi connectivity index (χ0) is 15.1. The highest BCUT2D eigenvalue weighted by atomic mass is 16.5. The van der Waals surface area contributed by atoms with E-state index in [-0.39, 0.29) is 0 Å². The van der Waals surface area contributed by atoms with Crippen LogP contribution in [0.2, 0.25) is 0 Å². The molecular formula is C18H24N2O. The van der Waals surface area contributed by atoms with Crippen molar-refractivity contribution >= 4 is 0 Å². The van der Waals surface area contributed by atoms with Gasteiger partial charge in [-0.2, -0.15) is 0 Å². The predicted octanol–water partition coefficient (Wildman–Crippen LogP) is 3.69. The van der Waals surface area contributed by atoms with E-state index >= 15 is 0 Å². The summed E-state index contributed by atoms with van der Waals surface area (Å²) in [5.41, 5.74) is 3.68. The van der Waals surface area contributed by atoms with E-state index in [1.165, 1.54) is 17.5 Å². The van der Waals surface area contributed by atoms with Gasteiger partial charge in [0.25, 0.3) is 0 Å². The monoisotopic (exact) mass is 284 g/mol. The van der Waals surface area contributed by atoms with Gasteiger partial charge in [0.2, 0.25) is 5.88 Å². The summed E-state index contributed by atoms with van der Waals surface area (Å²) in [4.78, 5) is 4.14. The van der Waals surface area contributed by atoms with E-state index in [4.69, 9.17) is 4.74 Å². The van der Waals surface area contributed by atoms with E-state index in [1.807, 2.05) is 12.1 Å². The Kier molecular flexibility index (Phi) is 5.76. The van der Waals surface area contributed by atoms with E-state index in [2.05, 4.69) is 48.4 Å². The second-order valence-electron chi connectivity index (χ2n) is 5.34. The van der Waals surface area contributed by atoms with E-state index in [0.29, 0.717) is 11.9 Å². The van der Waals surface area contributed by atoms with Crippen LogP contribution in [-0.4, -0.2) is 24.7 Å². The summed E-state index contributed by atoms with van der Waals surface area (Å²) in [7, 11) is 1.64. The maximum absolute atomic E-state index is 5.17. The lowest BCUT2D eigenvalue weighted by atomic mass is 10.0. The number of benzene rings is 1. The molecule has 1 aromatic carbocycles. The fourth-order valence-electron chi connectivity index (χ4n) is 2.35. The Morgan fingerprint density at radius 1 is 1.14 bits per heavy atom. The van der Waals surface area contributed by atoms with Gasteiger partial charge in [0.15, 0.2) is 0 Å². The van der Waals surface area contributed by atoms with Crippen LogP contribution in [0.1, 0.15) is 25.8 Å². The van der Waals surface area contributed by atoms with Crippen molar-refractivity contribution in [3.63, 3.8) is 0 Å². The van der Waals surface area contributed by atoms with Crippen LogP contribution >= 0.6 is 0 Å². The van der Waals surface area contributed by atoms with Gasteiger partial charge in [-0.15, -0.1) is 0 Å². The van der Waals surface area contributed by atoms with E-state index in [9.17, 15) is 0 Å². The highest BCUT2D eigenvalue weighted by Gasteiger charge is 2.04. The number of hydrogen-bond acceptors (Lipinski definition) is 3. The fraction of sp³-hybridized carbons (Fsp3) is 0.389. The van der Waals surface area contributed by atoms with Crippen LogP contribution in [0.15, 0.2) is 42.6 Å². The molecule has 1 aromatic heterocycles. The van der Waals surface area contributed by atoms with Gasteiger partial charge >= 0.3 is 0 Å². The first-order valence-corrected chi connectivity index (χ1v) is 7.55. The molecule has 112 valence electrons. The smallest absolute Gasteiger partial charge is 0.213 e. The normalized spacial score (nSPS) is 12.1. The fourth-order valence-corrected chi connectivity index (χ4v) is 2.35. The molecule has 3 heteroatoms. The third-order valence-corrected chi connectivity index (χ3v) is 3.52. The Bertz CT molecular complexity index is 551. The molecule has 0 fully saturated rings. The average molecular weight is 284 g/mol. The SMILES string of the molecule is CCCNC(C)Cc1ccc(-c2ccnc(OC)c2)cc1. The second kappa shape index (κ2) is 7.79. The van der Waals surface area contributed by atoms with Crippen LogP contribution in [0.3, 0.4) is 0 Å². The molecule has 0 amide bonds. The second-order valence-corrected chi connectivity index (χ2v) is 5.34. The third-order valence-electron chi connectivity index (χ3n) is 3.52. The van der Waals surface area contributed by atoms with Gasteiger partial charge in [0.05, 0.1) is 7.11 Å². The first-order chi connectivity index (χ1) is 10.2. The molecule has 2 aromatic rings. The molecule has 1 atom stereocenters. The molecular weight excluding hydrogens is 260 g/mol. The van der Waals surface area contributed by atoms with Crippen LogP contribution in [0.5, 0.6) is 5.88 Å². The predicted molar refractivity (Wildman–Crippen MR) is 87.7 cm³/mol. The molecule has 0 saturated carbocycles. The molecule has 0 saturated heterocycles. The minimum atomic E-state index is 0.511. The van der Waals surface area contributed by atoms with Crippen molar-refractivity contribution in [1.29, 1.82) is 0 Å². The van der Waals surface area contributed by atoms with Gasteiger partial charge in [-0.25, -0.2) is 4.98 Å². The first-order valence-electron chi connectivity index (χ1n) is 7.55. The summed E-state index contributed by atoms with van der Waals surface area (Å²) in [5.74, 6) is 0.647. The quantitative estimate of drug-likeness (QED) is 0.842. The average Bonchev–Trinajstić information content (AvgIpc) is 2.53. The summed E-state index contributed by atoms with van der Waals surface area (Å²) in [6.45, 7) is 5.50. The zero-order valence-corrected chi connectivity index (χ0v) is 13.1. The highest BCUT2D eigenvalue weighted by Crippen LogP contribution is 2.22. The molecule has 0 aliphatic heterocycles. The summed E-state index contributed by atoms with van der Waals surface area (Å²) in [6, 6.07) is 13.2. The van der Waals surface area contributed by atoms with E-state index in [1.54, 1.807) is 13.3 Å². The van der Waals surface area contributed by atoms with E-state index in [0.717, 1.165) is 18.5 Å².